The standard InChI is InChI=1S/C27H23Cl2N3O4S/c1-18-3-8-21(9-4-18)32(37(34,35)23-11-5-19(2)6-12-23)17-27(33)31-30-16-22-10-14-26(36-22)24-13-7-20(28)15-25(24)29/h3-16H,17H2,1-2H3,(H,31,33)/b30-16-. The molecule has 0 unspecified atom stereocenters. The second-order valence-corrected chi connectivity index (χ2v) is 11.0. The molecular formula is C27H23Cl2N3O4S. The molecular weight excluding hydrogens is 533 g/mol. The first-order chi connectivity index (χ1) is 17.6. The van der Waals surface area contributed by atoms with E-state index in [1.54, 1.807) is 66.7 Å². The number of carbonyl (C=O) groups excluding carboxylic acids is 1. The van der Waals surface area contributed by atoms with E-state index in [0.717, 1.165) is 15.4 Å². The molecule has 0 spiro atoms. The van der Waals surface area contributed by atoms with Crippen LogP contribution >= 0.6 is 23.2 Å². The number of rotatable bonds is 8. The fourth-order valence-corrected chi connectivity index (χ4v) is 5.38. The van der Waals surface area contributed by atoms with Gasteiger partial charge in [-0.3, -0.25) is 9.10 Å². The highest BCUT2D eigenvalue weighted by molar-refractivity contribution is 7.92. The van der Waals surface area contributed by atoms with Crippen LogP contribution in [-0.2, 0) is 14.8 Å². The van der Waals surface area contributed by atoms with Crippen LogP contribution in [0.25, 0.3) is 11.3 Å². The molecule has 7 nitrogen and oxygen atoms in total. The minimum absolute atomic E-state index is 0.0824. The Bertz CT molecular complexity index is 1550. The topological polar surface area (TPSA) is 92.0 Å². The van der Waals surface area contributed by atoms with Gasteiger partial charge < -0.3 is 4.42 Å². The predicted molar refractivity (Wildman–Crippen MR) is 147 cm³/mol. The molecule has 4 rings (SSSR count). The molecule has 0 saturated heterocycles. The number of hydrogen-bond acceptors (Lipinski definition) is 5. The Kier molecular flexibility index (Phi) is 8.02. The van der Waals surface area contributed by atoms with Crippen LogP contribution in [-0.4, -0.2) is 27.1 Å². The molecule has 0 saturated carbocycles. The number of benzene rings is 3. The molecule has 0 bridgehead atoms. The average molecular weight is 556 g/mol. The number of halogens is 2. The number of hydrazone groups is 1. The molecule has 0 aliphatic rings. The third kappa shape index (κ3) is 6.40. The molecule has 1 aromatic heterocycles. The zero-order chi connectivity index (χ0) is 26.6. The van der Waals surface area contributed by atoms with E-state index in [0.29, 0.717) is 32.8 Å². The Labute approximate surface area is 225 Å². The van der Waals surface area contributed by atoms with Crippen LogP contribution in [0.5, 0.6) is 0 Å². The van der Waals surface area contributed by atoms with E-state index in [9.17, 15) is 13.2 Å². The number of nitrogens with zero attached hydrogens (tertiary/aromatic N) is 2. The first-order valence-corrected chi connectivity index (χ1v) is 13.4. The van der Waals surface area contributed by atoms with Crippen molar-refractivity contribution in [1.29, 1.82) is 0 Å². The molecule has 0 aliphatic carbocycles. The van der Waals surface area contributed by atoms with Gasteiger partial charge in [0.2, 0.25) is 0 Å². The number of hydrogen-bond donors (Lipinski definition) is 1. The smallest absolute Gasteiger partial charge is 0.264 e. The summed E-state index contributed by atoms with van der Waals surface area (Å²) in [6.07, 6.45) is 1.32. The Morgan fingerprint density at radius 1 is 0.946 bits per heavy atom. The zero-order valence-corrected chi connectivity index (χ0v) is 22.3. The minimum Gasteiger partial charge on any atom is -0.455 e. The van der Waals surface area contributed by atoms with Gasteiger partial charge >= 0.3 is 0 Å². The lowest BCUT2D eigenvalue weighted by atomic mass is 10.2. The van der Waals surface area contributed by atoms with E-state index in [1.807, 2.05) is 13.8 Å². The number of sulfonamides is 1. The Morgan fingerprint density at radius 2 is 1.59 bits per heavy atom. The normalized spacial score (nSPS) is 11.6. The summed E-state index contributed by atoms with van der Waals surface area (Å²) in [4.78, 5) is 12.8. The van der Waals surface area contributed by atoms with Crippen molar-refractivity contribution in [2.45, 2.75) is 18.7 Å². The Hall–Kier alpha value is -3.59. The Morgan fingerprint density at radius 3 is 2.24 bits per heavy atom. The molecule has 3 aromatic carbocycles. The third-order valence-corrected chi connectivity index (χ3v) is 7.76. The average Bonchev–Trinajstić information content (AvgIpc) is 3.32. The molecule has 0 radical (unpaired) electrons. The van der Waals surface area contributed by atoms with Gasteiger partial charge in [-0.1, -0.05) is 58.6 Å². The van der Waals surface area contributed by atoms with Gasteiger partial charge in [-0.2, -0.15) is 5.10 Å². The predicted octanol–water partition coefficient (Wildman–Crippen LogP) is 6.22. The van der Waals surface area contributed by atoms with Crippen molar-refractivity contribution in [3.8, 4) is 11.3 Å². The van der Waals surface area contributed by atoms with Gasteiger partial charge in [-0.25, -0.2) is 13.8 Å². The van der Waals surface area contributed by atoms with E-state index >= 15 is 0 Å². The molecule has 1 N–H and O–H groups in total. The lowest BCUT2D eigenvalue weighted by Gasteiger charge is -2.24. The number of aryl methyl sites for hydroxylation is 2. The number of anilines is 1. The molecule has 1 heterocycles. The van der Waals surface area contributed by atoms with Crippen LogP contribution in [0.2, 0.25) is 10.0 Å². The van der Waals surface area contributed by atoms with E-state index in [-0.39, 0.29) is 4.90 Å². The summed E-state index contributed by atoms with van der Waals surface area (Å²) >= 11 is 12.2. The molecule has 0 aliphatic heterocycles. The van der Waals surface area contributed by atoms with Gasteiger partial charge in [0.25, 0.3) is 15.9 Å². The van der Waals surface area contributed by atoms with Crippen LogP contribution < -0.4 is 9.73 Å². The monoisotopic (exact) mass is 555 g/mol. The van der Waals surface area contributed by atoms with Crippen molar-refractivity contribution in [3.05, 3.63) is 106 Å². The summed E-state index contributed by atoms with van der Waals surface area (Å²) < 4.78 is 33.6. The van der Waals surface area contributed by atoms with Crippen molar-refractivity contribution in [3.63, 3.8) is 0 Å². The highest BCUT2D eigenvalue weighted by Crippen LogP contribution is 2.31. The van der Waals surface area contributed by atoms with Crippen molar-refractivity contribution in [1.82, 2.24) is 5.43 Å². The van der Waals surface area contributed by atoms with Crippen LogP contribution in [0.3, 0.4) is 0 Å². The molecule has 0 atom stereocenters. The maximum absolute atomic E-state index is 13.4. The van der Waals surface area contributed by atoms with Crippen LogP contribution in [0.15, 0.2) is 93.3 Å². The second kappa shape index (κ2) is 11.2. The minimum atomic E-state index is -4.01. The SMILES string of the molecule is Cc1ccc(N(CC(=O)N/N=C\c2ccc(-c3ccc(Cl)cc3Cl)o2)S(=O)(=O)c2ccc(C)cc2)cc1. The summed E-state index contributed by atoms with van der Waals surface area (Å²) in [7, 11) is -4.01. The van der Waals surface area contributed by atoms with Crippen molar-refractivity contribution < 1.29 is 17.6 Å². The van der Waals surface area contributed by atoms with Crippen LogP contribution in [0.1, 0.15) is 16.9 Å². The highest BCUT2D eigenvalue weighted by atomic mass is 35.5. The van der Waals surface area contributed by atoms with Gasteiger partial charge in [-0.15, -0.1) is 0 Å². The lowest BCUT2D eigenvalue weighted by molar-refractivity contribution is -0.119. The van der Waals surface area contributed by atoms with Crippen LogP contribution in [0.4, 0.5) is 5.69 Å². The van der Waals surface area contributed by atoms with Gasteiger partial charge in [-0.05, 0) is 68.4 Å². The number of amides is 1. The maximum atomic E-state index is 13.4. The van der Waals surface area contributed by atoms with Crippen molar-refractivity contribution in [2.24, 2.45) is 5.10 Å². The van der Waals surface area contributed by atoms with E-state index in [4.69, 9.17) is 27.6 Å². The highest BCUT2D eigenvalue weighted by Gasteiger charge is 2.27. The second-order valence-electron chi connectivity index (χ2n) is 8.28. The molecule has 190 valence electrons. The molecule has 37 heavy (non-hydrogen) atoms. The first kappa shape index (κ1) is 26.5. The maximum Gasteiger partial charge on any atom is 0.264 e. The quantitative estimate of drug-likeness (QED) is 0.206. The number of nitrogens with one attached hydrogen (secondary N) is 1. The molecule has 4 aromatic rings. The summed E-state index contributed by atoms with van der Waals surface area (Å²) in [5.41, 5.74) is 5.27. The summed E-state index contributed by atoms with van der Waals surface area (Å²) in [6.45, 7) is 3.29. The van der Waals surface area contributed by atoms with Gasteiger partial charge in [0.1, 0.15) is 18.1 Å². The van der Waals surface area contributed by atoms with Crippen molar-refractivity contribution in [2.75, 3.05) is 10.8 Å². The third-order valence-electron chi connectivity index (χ3n) is 5.42. The van der Waals surface area contributed by atoms with E-state index in [2.05, 4.69) is 10.5 Å². The van der Waals surface area contributed by atoms with Crippen LogP contribution in [0, 0.1) is 13.8 Å². The fraction of sp³-hybridized carbons (Fsp3) is 0.111. The Balaban J connectivity index is 1.50. The molecule has 1 amide bonds. The summed E-state index contributed by atoms with van der Waals surface area (Å²) in [5.74, 6) is 0.244. The first-order valence-electron chi connectivity index (χ1n) is 11.2. The van der Waals surface area contributed by atoms with Gasteiger partial charge in [0, 0.05) is 10.6 Å². The van der Waals surface area contributed by atoms with E-state index < -0.39 is 22.5 Å². The number of carbonyl (C=O) groups is 1. The van der Waals surface area contributed by atoms with Crippen molar-refractivity contribution >= 4 is 51.0 Å². The lowest BCUT2D eigenvalue weighted by Crippen LogP contribution is -2.39. The zero-order valence-electron chi connectivity index (χ0n) is 20.0. The largest absolute Gasteiger partial charge is 0.455 e. The molecule has 0 fully saturated rings. The van der Waals surface area contributed by atoms with Gasteiger partial charge in [0.05, 0.1) is 21.8 Å². The summed E-state index contributed by atoms with van der Waals surface area (Å²) in [5, 5.41) is 4.86. The summed E-state index contributed by atoms with van der Waals surface area (Å²) in [6, 6.07) is 21.7. The molecule has 10 heteroatoms. The van der Waals surface area contributed by atoms with Gasteiger partial charge in [0.15, 0.2) is 0 Å². The van der Waals surface area contributed by atoms with E-state index in [1.165, 1.54) is 18.3 Å². The fourth-order valence-electron chi connectivity index (χ4n) is 3.45. The number of furan rings is 1.